The van der Waals surface area contributed by atoms with Crippen molar-refractivity contribution in [2.24, 2.45) is 0 Å². The van der Waals surface area contributed by atoms with Crippen molar-refractivity contribution in [2.45, 2.75) is 25.0 Å². The van der Waals surface area contributed by atoms with Crippen LogP contribution in [0.4, 0.5) is 0 Å². The van der Waals surface area contributed by atoms with Gasteiger partial charge in [0.1, 0.15) is 6.10 Å². The van der Waals surface area contributed by atoms with Crippen molar-refractivity contribution in [2.75, 3.05) is 0 Å². The van der Waals surface area contributed by atoms with Crippen LogP contribution in [0.15, 0.2) is 18.3 Å². The number of aliphatic carboxylic acids is 1. The summed E-state index contributed by atoms with van der Waals surface area (Å²) >= 11 is 0. The van der Waals surface area contributed by atoms with Crippen LogP contribution in [0.1, 0.15) is 23.8 Å². The predicted octanol–water partition coefficient (Wildman–Crippen LogP) is 0.0167. The molecule has 0 spiro atoms. The molecule has 1 aromatic heterocycles. The molecule has 0 fully saturated rings. The number of aliphatic hydroxyl groups excluding tert-OH is 2. The molecular weight excluding hydrogens is 224 g/mol. The van der Waals surface area contributed by atoms with Gasteiger partial charge in [0.15, 0.2) is 0 Å². The van der Waals surface area contributed by atoms with Gasteiger partial charge in [0.05, 0.1) is 30.7 Å². The van der Waals surface area contributed by atoms with Crippen LogP contribution < -0.4 is 0 Å². The fourth-order valence-electron chi connectivity index (χ4n) is 1.30. The summed E-state index contributed by atoms with van der Waals surface area (Å²) in [6, 6.07) is 4.69. The molecule has 0 aliphatic heterocycles. The number of carboxylic acids is 1. The number of aromatic nitrogens is 1. The highest BCUT2D eigenvalue weighted by Gasteiger charge is 2.18. The number of nitrogens with zero attached hydrogens (tertiary/aromatic N) is 2. The molecule has 0 saturated carbocycles. The first-order valence-electron chi connectivity index (χ1n) is 4.94. The van der Waals surface area contributed by atoms with Crippen LogP contribution >= 0.6 is 0 Å². The zero-order valence-electron chi connectivity index (χ0n) is 8.95. The maximum absolute atomic E-state index is 10.4. The first-order valence-corrected chi connectivity index (χ1v) is 4.94. The van der Waals surface area contributed by atoms with Gasteiger partial charge >= 0.3 is 5.97 Å². The van der Waals surface area contributed by atoms with Gasteiger partial charge in [-0.15, -0.1) is 0 Å². The molecule has 17 heavy (non-hydrogen) atoms. The number of aliphatic hydroxyl groups is 2. The molecule has 0 aliphatic rings. The smallest absolute Gasteiger partial charge is 0.309 e. The molecule has 0 aromatic carbocycles. The van der Waals surface area contributed by atoms with Crippen molar-refractivity contribution in [3.8, 4) is 6.07 Å². The lowest BCUT2D eigenvalue weighted by Crippen LogP contribution is -2.17. The number of pyridine rings is 1. The van der Waals surface area contributed by atoms with Gasteiger partial charge in [0, 0.05) is 11.8 Å². The van der Waals surface area contributed by atoms with Crippen LogP contribution in [0.5, 0.6) is 0 Å². The van der Waals surface area contributed by atoms with Gasteiger partial charge in [-0.3, -0.25) is 9.78 Å². The fourth-order valence-corrected chi connectivity index (χ4v) is 1.30. The zero-order chi connectivity index (χ0) is 12.8. The maximum atomic E-state index is 10.4. The third-order valence-electron chi connectivity index (χ3n) is 2.19. The minimum absolute atomic E-state index is 0.182. The second-order valence-corrected chi connectivity index (χ2v) is 3.53. The van der Waals surface area contributed by atoms with Gasteiger partial charge in [-0.05, 0) is 6.07 Å². The molecule has 3 N–H and O–H groups in total. The largest absolute Gasteiger partial charge is 0.481 e. The van der Waals surface area contributed by atoms with E-state index in [2.05, 4.69) is 4.98 Å². The summed E-state index contributed by atoms with van der Waals surface area (Å²) in [4.78, 5) is 14.3. The van der Waals surface area contributed by atoms with Crippen molar-refractivity contribution in [3.63, 3.8) is 0 Å². The SMILES string of the molecule is N#CCC(O)C(O)c1ccc(CC(=O)O)nc1. The van der Waals surface area contributed by atoms with Crippen LogP contribution in [-0.2, 0) is 11.2 Å². The van der Waals surface area contributed by atoms with E-state index in [9.17, 15) is 15.0 Å². The Morgan fingerprint density at radius 3 is 2.65 bits per heavy atom. The lowest BCUT2D eigenvalue weighted by atomic mass is 10.0. The number of rotatable bonds is 5. The fraction of sp³-hybridized carbons (Fsp3) is 0.364. The zero-order valence-corrected chi connectivity index (χ0v) is 8.95. The Hall–Kier alpha value is -1.97. The molecule has 0 amide bonds. The molecule has 6 nitrogen and oxygen atoms in total. The molecule has 6 heteroatoms. The van der Waals surface area contributed by atoms with Gasteiger partial charge in [-0.1, -0.05) is 6.07 Å². The molecule has 0 bridgehead atoms. The third kappa shape index (κ3) is 3.83. The molecule has 1 rings (SSSR count). The normalized spacial score (nSPS) is 13.7. The summed E-state index contributed by atoms with van der Waals surface area (Å²) in [5, 5.41) is 35.9. The van der Waals surface area contributed by atoms with E-state index in [1.165, 1.54) is 18.3 Å². The average molecular weight is 236 g/mol. The summed E-state index contributed by atoms with van der Waals surface area (Å²) < 4.78 is 0. The van der Waals surface area contributed by atoms with Crippen molar-refractivity contribution in [3.05, 3.63) is 29.6 Å². The Labute approximate surface area is 97.8 Å². The Morgan fingerprint density at radius 2 is 2.18 bits per heavy atom. The number of nitriles is 1. The van der Waals surface area contributed by atoms with E-state index in [-0.39, 0.29) is 12.8 Å². The summed E-state index contributed by atoms with van der Waals surface area (Å²) in [5.74, 6) is -0.990. The van der Waals surface area contributed by atoms with Gasteiger partial charge in [0.2, 0.25) is 0 Å². The lowest BCUT2D eigenvalue weighted by Gasteiger charge is -2.15. The maximum Gasteiger partial charge on any atom is 0.309 e. The van der Waals surface area contributed by atoms with Crippen LogP contribution in [-0.4, -0.2) is 32.4 Å². The summed E-state index contributed by atoms with van der Waals surface area (Å²) in [6.07, 6.45) is -1.45. The molecule has 1 aromatic rings. The molecule has 1 heterocycles. The van der Waals surface area contributed by atoms with Crippen molar-refractivity contribution in [1.82, 2.24) is 4.98 Å². The Morgan fingerprint density at radius 1 is 1.47 bits per heavy atom. The Balaban J connectivity index is 2.73. The van der Waals surface area contributed by atoms with E-state index >= 15 is 0 Å². The Kier molecular flexibility index (Phi) is 4.57. The van der Waals surface area contributed by atoms with E-state index in [0.717, 1.165) is 0 Å². The van der Waals surface area contributed by atoms with E-state index < -0.39 is 18.2 Å². The van der Waals surface area contributed by atoms with E-state index in [0.29, 0.717) is 11.3 Å². The van der Waals surface area contributed by atoms with Gasteiger partial charge in [-0.2, -0.15) is 5.26 Å². The molecule has 0 aliphatic carbocycles. The van der Waals surface area contributed by atoms with Crippen molar-refractivity contribution >= 4 is 5.97 Å². The van der Waals surface area contributed by atoms with Gasteiger partial charge in [-0.25, -0.2) is 0 Å². The molecule has 2 unspecified atom stereocenters. The van der Waals surface area contributed by atoms with E-state index in [1.54, 1.807) is 6.07 Å². The van der Waals surface area contributed by atoms with Crippen LogP contribution in [0.3, 0.4) is 0 Å². The van der Waals surface area contributed by atoms with Crippen LogP contribution in [0.25, 0.3) is 0 Å². The molecule has 2 atom stereocenters. The standard InChI is InChI=1S/C11H12N2O4/c12-4-3-9(14)11(17)7-1-2-8(13-6-7)5-10(15)16/h1-2,6,9,11,14,17H,3,5H2,(H,15,16). The number of hydrogen-bond acceptors (Lipinski definition) is 5. The quantitative estimate of drug-likeness (QED) is 0.663. The first-order chi connectivity index (χ1) is 8.04. The molecule has 0 radical (unpaired) electrons. The van der Waals surface area contributed by atoms with E-state index in [4.69, 9.17) is 10.4 Å². The predicted molar refractivity (Wildman–Crippen MR) is 56.8 cm³/mol. The second kappa shape index (κ2) is 5.94. The van der Waals surface area contributed by atoms with Crippen molar-refractivity contribution < 1.29 is 20.1 Å². The summed E-state index contributed by atoms with van der Waals surface area (Å²) in [6.45, 7) is 0. The topological polar surface area (TPSA) is 114 Å². The second-order valence-electron chi connectivity index (χ2n) is 3.53. The minimum atomic E-state index is -1.19. The highest BCUT2D eigenvalue weighted by Crippen LogP contribution is 2.18. The number of hydrogen-bond donors (Lipinski definition) is 3. The van der Waals surface area contributed by atoms with Gasteiger partial charge < -0.3 is 15.3 Å². The Bertz CT molecular complexity index is 424. The molecule has 90 valence electrons. The van der Waals surface area contributed by atoms with Crippen molar-refractivity contribution in [1.29, 1.82) is 5.26 Å². The molecule has 0 saturated heterocycles. The first kappa shape index (κ1) is 13.1. The summed E-state index contributed by atoms with van der Waals surface area (Å²) in [5.41, 5.74) is 0.713. The monoisotopic (exact) mass is 236 g/mol. The number of carboxylic acid groups (broad SMARTS) is 1. The van der Waals surface area contributed by atoms with Crippen LogP contribution in [0.2, 0.25) is 0 Å². The van der Waals surface area contributed by atoms with Crippen LogP contribution in [0, 0.1) is 11.3 Å². The third-order valence-corrected chi connectivity index (χ3v) is 2.19. The molecular formula is C11H12N2O4. The highest BCUT2D eigenvalue weighted by molar-refractivity contribution is 5.69. The van der Waals surface area contributed by atoms with Gasteiger partial charge in [0.25, 0.3) is 0 Å². The highest BCUT2D eigenvalue weighted by atomic mass is 16.4. The minimum Gasteiger partial charge on any atom is -0.481 e. The van der Waals surface area contributed by atoms with E-state index in [1.807, 2.05) is 0 Å². The number of carbonyl (C=O) groups is 1. The summed E-state index contributed by atoms with van der Waals surface area (Å²) in [7, 11) is 0. The average Bonchev–Trinajstić information content (AvgIpc) is 2.28. The lowest BCUT2D eigenvalue weighted by molar-refractivity contribution is -0.136.